The minimum atomic E-state index is 0.552. The van der Waals surface area contributed by atoms with Crippen molar-refractivity contribution >= 4 is 22.6 Å². The van der Waals surface area contributed by atoms with E-state index in [1.165, 1.54) is 0 Å². The van der Waals surface area contributed by atoms with E-state index in [0.717, 1.165) is 42.2 Å². The van der Waals surface area contributed by atoms with Crippen molar-refractivity contribution in [3.63, 3.8) is 0 Å². The number of rotatable bonds is 8. The summed E-state index contributed by atoms with van der Waals surface area (Å²) in [6.07, 6.45) is 0.753. The highest BCUT2D eigenvalue weighted by atomic mass is 35.5. The van der Waals surface area contributed by atoms with Crippen LogP contribution in [0, 0.1) is 5.92 Å². The van der Waals surface area contributed by atoms with Crippen molar-refractivity contribution in [3.05, 3.63) is 24.0 Å². The van der Waals surface area contributed by atoms with Gasteiger partial charge in [0.1, 0.15) is 11.6 Å². The van der Waals surface area contributed by atoms with Gasteiger partial charge in [0.15, 0.2) is 0 Å². The molecule has 1 aromatic carbocycles. The third-order valence-electron chi connectivity index (χ3n) is 3.26. The summed E-state index contributed by atoms with van der Waals surface area (Å²) in [5, 5.41) is 0. The lowest BCUT2D eigenvalue weighted by molar-refractivity contribution is 0.103. The van der Waals surface area contributed by atoms with Crippen molar-refractivity contribution in [1.29, 1.82) is 0 Å². The Labute approximate surface area is 131 Å². The highest BCUT2D eigenvalue weighted by Crippen LogP contribution is 2.22. The van der Waals surface area contributed by atoms with Crippen LogP contribution < -0.4 is 4.74 Å². The molecule has 0 amide bonds. The van der Waals surface area contributed by atoms with Crippen LogP contribution in [0.5, 0.6) is 5.75 Å². The Balaban J connectivity index is 2.20. The molecule has 5 heteroatoms. The molecular formula is C16H23ClN2O2. The van der Waals surface area contributed by atoms with Crippen molar-refractivity contribution in [2.45, 2.75) is 26.8 Å². The SMILES string of the molecule is COc1ccc2c(c1)nc(CCCl)n2CCOCC(C)C. The normalized spacial score (nSPS) is 11.5. The Morgan fingerprint density at radius 1 is 1.33 bits per heavy atom. The maximum atomic E-state index is 5.89. The van der Waals surface area contributed by atoms with Gasteiger partial charge in [0.2, 0.25) is 0 Å². The Hall–Kier alpha value is -1.26. The molecule has 1 aromatic heterocycles. The molecule has 0 fully saturated rings. The number of aromatic nitrogens is 2. The van der Waals surface area contributed by atoms with E-state index in [9.17, 15) is 0 Å². The molecule has 0 saturated heterocycles. The predicted molar refractivity (Wildman–Crippen MR) is 86.4 cm³/mol. The van der Waals surface area contributed by atoms with E-state index >= 15 is 0 Å². The van der Waals surface area contributed by atoms with Crippen molar-refractivity contribution in [1.82, 2.24) is 9.55 Å². The lowest BCUT2D eigenvalue weighted by Gasteiger charge is -2.10. The molecule has 116 valence electrons. The number of ether oxygens (including phenoxy) is 2. The molecule has 0 unspecified atom stereocenters. The van der Waals surface area contributed by atoms with Crippen LogP contribution in [0.2, 0.25) is 0 Å². The second kappa shape index (κ2) is 7.66. The number of fused-ring (bicyclic) bond motifs is 1. The van der Waals surface area contributed by atoms with Gasteiger partial charge in [0.25, 0.3) is 0 Å². The molecule has 0 N–H and O–H groups in total. The van der Waals surface area contributed by atoms with Gasteiger partial charge in [-0.1, -0.05) is 13.8 Å². The fourth-order valence-corrected chi connectivity index (χ4v) is 2.46. The summed E-state index contributed by atoms with van der Waals surface area (Å²) >= 11 is 5.89. The first-order valence-electron chi connectivity index (χ1n) is 7.32. The van der Waals surface area contributed by atoms with Gasteiger partial charge in [0.05, 0.1) is 24.8 Å². The number of halogens is 1. The van der Waals surface area contributed by atoms with E-state index in [4.69, 9.17) is 21.1 Å². The molecule has 0 aliphatic carbocycles. The number of hydrogen-bond donors (Lipinski definition) is 0. The smallest absolute Gasteiger partial charge is 0.121 e. The minimum Gasteiger partial charge on any atom is -0.497 e. The first kappa shape index (κ1) is 16.1. The summed E-state index contributed by atoms with van der Waals surface area (Å²) < 4.78 is 13.1. The van der Waals surface area contributed by atoms with Gasteiger partial charge in [-0.3, -0.25) is 0 Å². The second-order valence-electron chi connectivity index (χ2n) is 5.44. The molecule has 0 aliphatic rings. The summed E-state index contributed by atoms with van der Waals surface area (Å²) in [6, 6.07) is 5.96. The van der Waals surface area contributed by atoms with Crippen LogP contribution in [0.15, 0.2) is 18.2 Å². The largest absolute Gasteiger partial charge is 0.497 e. The number of imidazole rings is 1. The van der Waals surface area contributed by atoms with Crippen LogP contribution in [-0.2, 0) is 17.7 Å². The van der Waals surface area contributed by atoms with E-state index in [1.807, 2.05) is 18.2 Å². The van der Waals surface area contributed by atoms with Crippen LogP contribution in [0.1, 0.15) is 19.7 Å². The lowest BCUT2D eigenvalue weighted by atomic mass is 10.2. The fraction of sp³-hybridized carbons (Fsp3) is 0.562. The van der Waals surface area contributed by atoms with Crippen LogP contribution in [0.3, 0.4) is 0 Å². The molecule has 1 heterocycles. The summed E-state index contributed by atoms with van der Waals surface area (Å²) in [5.41, 5.74) is 2.04. The van der Waals surface area contributed by atoms with Crippen LogP contribution >= 0.6 is 11.6 Å². The molecule has 21 heavy (non-hydrogen) atoms. The topological polar surface area (TPSA) is 36.3 Å². The Morgan fingerprint density at radius 3 is 2.81 bits per heavy atom. The van der Waals surface area contributed by atoms with Gasteiger partial charge in [0, 0.05) is 31.5 Å². The monoisotopic (exact) mass is 310 g/mol. The molecule has 0 spiro atoms. The predicted octanol–water partition coefficient (Wildman–Crippen LogP) is 3.50. The zero-order valence-electron chi connectivity index (χ0n) is 12.9. The summed E-state index contributed by atoms with van der Waals surface area (Å²) in [6.45, 7) is 6.56. The first-order chi connectivity index (χ1) is 10.2. The second-order valence-corrected chi connectivity index (χ2v) is 5.82. The molecule has 4 nitrogen and oxygen atoms in total. The van der Waals surface area contributed by atoms with Crippen LogP contribution in [0.25, 0.3) is 11.0 Å². The highest BCUT2D eigenvalue weighted by Gasteiger charge is 2.11. The van der Waals surface area contributed by atoms with Gasteiger partial charge in [-0.15, -0.1) is 11.6 Å². The van der Waals surface area contributed by atoms with Gasteiger partial charge < -0.3 is 14.0 Å². The number of benzene rings is 1. The highest BCUT2D eigenvalue weighted by molar-refractivity contribution is 6.17. The number of aryl methyl sites for hydroxylation is 1. The minimum absolute atomic E-state index is 0.552. The molecule has 0 radical (unpaired) electrons. The van der Waals surface area contributed by atoms with E-state index < -0.39 is 0 Å². The van der Waals surface area contributed by atoms with Crippen molar-refractivity contribution in [2.75, 3.05) is 26.2 Å². The molecule has 0 saturated carbocycles. The Bertz CT molecular complexity index is 581. The zero-order valence-corrected chi connectivity index (χ0v) is 13.7. The van der Waals surface area contributed by atoms with Crippen LogP contribution in [0.4, 0.5) is 0 Å². The van der Waals surface area contributed by atoms with Crippen LogP contribution in [-0.4, -0.2) is 35.8 Å². The van der Waals surface area contributed by atoms with Gasteiger partial charge in [-0.05, 0) is 18.1 Å². The summed E-state index contributed by atoms with van der Waals surface area (Å²) in [5.74, 6) is 2.94. The molecule has 0 atom stereocenters. The maximum Gasteiger partial charge on any atom is 0.121 e. The quantitative estimate of drug-likeness (QED) is 0.553. The average molecular weight is 311 g/mol. The van der Waals surface area contributed by atoms with E-state index in [1.54, 1.807) is 7.11 Å². The van der Waals surface area contributed by atoms with E-state index in [-0.39, 0.29) is 0 Å². The van der Waals surface area contributed by atoms with E-state index in [2.05, 4.69) is 23.4 Å². The van der Waals surface area contributed by atoms with E-state index in [0.29, 0.717) is 18.4 Å². The number of nitrogens with zero attached hydrogens (tertiary/aromatic N) is 2. The van der Waals surface area contributed by atoms with Crippen molar-refractivity contribution in [3.8, 4) is 5.75 Å². The molecule has 2 aromatic rings. The summed E-state index contributed by atoms with van der Waals surface area (Å²) in [7, 11) is 1.66. The Morgan fingerprint density at radius 2 is 2.14 bits per heavy atom. The summed E-state index contributed by atoms with van der Waals surface area (Å²) in [4.78, 5) is 4.67. The first-order valence-corrected chi connectivity index (χ1v) is 7.86. The fourth-order valence-electron chi connectivity index (χ4n) is 2.29. The number of methoxy groups -OCH3 is 1. The molecule has 0 bridgehead atoms. The number of alkyl halides is 1. The average Bonchev–Trinajstić information content (AvgIpc) is 2.80. The molecular weight excluding hydrogens is 288 g/mol. The van der Waals surface area contributed by atoms with Crippen molar-refractivity contribution in [2.24, 2.45) is 5.92 Å². The number of hydrogen-bond acceptors (Lipinski definition) is 3. The lowest BCUT2D eigenvalue weighted by Crippen LogP contribution is -2.12. The van der Waals surface area contributed by atoms with Gasteiger partial charge >= 0.3 is 0 Å². The standard InChI is InChI=1S/C16H23ClN2O2/c1-12(2)11-21-9-8-19-15-5-4-13(20-3)10-14(15)18-16(19)6-7-17/h4-5,10,12H,6-9,11H2,1-3H3. The molecule has 0 aliphatic heterocycles. The van der Waals surface area contributed by atoms with Gasteiger partial charge in [-0.2, -0.15) is 0 Å². The zero-order chi connectivity index (χ0) is 15.2. The molecule has 2 rings (SSSR count). The maximum absolute atomic E-state index is 5.89. The van der Waals surface area contributed by atoms with Crippen molar-refractivity contribution < 1.29 is 9.47 Å². The third-order valence-corrected chi connectivity index (χ3v) is 3.45. The third kappa shape index (κ3) is 4.11. The van der Waals surface area contributed by atoms with Gasteiger partial charge in [-0.25, -0.2) is 4.98 Å². The Kier molecular flexibility index (Phi) is 5.88.